The standard InChI is InChI=1S/C19H23NO/c1-19(2,17-11-7-4-8-12-17)15-20-18(21)14-13-16-9-5-3-6-10-16/h3-12H,13-15H2,1-2H3,(H,20,21). The molecule has 110 valence electrons. The zero-order chi connectivity index (χ0) is 15.1. The molecule has 2 nitrogen and oxygen atoms in total. The molecule has 0 fully saturated rings. The molecule has 21 heavy (non-hydrogen) atoms. The van der Waals surface area contributed by atoms with Crippen molar-refractivity contribution in [2.24, 2.45) is 0 Å². The van der Waals surface area contributed by atoms with Crippen molar-refractivity contribution in [3.05, 3.63) is 71.8 Å². The maximum absolute atomic E-state index is 12.0. The fourth-order valence-electron chi connectivity index (χ4n) is 2.30. The molecule has 0 atom stereocenters. The fourth-order valence-corrected chi connectivity index (χ4v) is 2.30. The molecule has 0 aromatic heterocycles. The zero-order valence-corrected chi connectivity index (χ0v) is 12.8. The van der Waals surface area contributed by atoms with Crippen LogP contribution >= 0.6 is 0 Å². The first kappa shape index (κ1) is 15.3. The first-order valence-electron chi connectivity index (χ1n) is 7.44. The van der Waals surface area contributed by atoms with Crippen LogP contribution in [-0.4, -0.2) is 12.5 Å². The van der Waals surface area contributed by atoms with Crippen LogP contribution in [0.1, 0.15) is 31.4 Å². The van der Waals surface area contributed by atoms with Crippen molar-refractivity contribution in [2.45, 2.75) is 32.1 Å². The van der Waals surface area contributed by atoms with Crippen LogP contribution in [-0.2, 0) is 16.6 Å². The third-order valence-corrected chi connectivity index (χ3v) is 3.77. The minimum Gasteiger partial charge on any atom is -0.355 e. The van der Waals surface area contributed by atoms with Gasteiger partial charge in [0.1, 0.15) is 0 Å². The summed E-state index contributed by atoms with van der Waals surface area (Å²) in [4.78, 5) is 12.0. The lowest BCUT2D eigenvalue weighted by molar-refractivity contribution is -0.121. The maximum atomic E-state index is 12.0. The summed E-state index contributed by atoms with van der Waals surface area (Å²) < 4.78 is 0. The van der Waals surface area contributed by atoms with Crippen LogP contribution in [0, 0.1) is 0 Å². The predicted molar refractivity (Wildman–Crippen MR) is 87.2 cm³/mol. The smallest absolute Gasteiger partial charge is 0.220 e. The van der Waals surface area contributed by atoms with Crippen LogP contribution in [0.15, 0.2) is 60.7 Å². The number of hydrogen-bond acceptors (Lipinski definition) is 1. The Morgan fingerprint density at radius 2 is 1.52 bits per heavy atom. The quantitative estimate of drug-likeness (QED) is 0.859. The Labute approximate surface area is 127 Å². The highest BCUT2D eigenvalue weighted by atomic mass is 16.1. The molecule has 0 aliphatic heterocycles. The number of amides is 1. The van der Waals surface area contributed by atoms with Gasteiger partial charge in [-0.05, 0) is 17.5 Å². The number of rotatable bonds is 6. The van der Waals surface area contributed by atoms with Gasteiger partial charge < -0.3 is 5.32 Å². The zero-order valence-electron chi connectivity index (χ0n) is 12.8. The molecule has 0 bridgehead atoms. The second-order valence-corrected chi connectivity index (χ2v) is 6.01. The number of carbonyl (C=O) groups is 1. The number of nitrogens with one attached hydrogen (secondary N) is 1. The van der Waals surface area contributed by atoms with Crippen LogP contribution in [0.5, 0.6) is 0 Å². The van der Waals surface area contributed by atoms with E-state index in [4.69, 9.17) is 0 Å². The molecule has 0 radical (unpaired) electrons. The van der Waals surface area contributed by atoms with E-state index >= 15 is 0 Å². The van der Waals surface area contributed by atoms with Gasteiger partial charge in [0, 0.05) is 18.4 Å². The summed E-state index contributed by atoms with van der Waals surface area (Å²) >= 11 is 0. The summed E-state index contributed by atoms with van der Waals surface area (Å²) in [5, 5.41) is 3.05. The highest BCUT2D eigenvalue weighted by Gasteiger charge is 2.20. The minimum atomic E-state index is -0.0519. The minimum absolute atomic E-state index is 0.0519. The third-order valence-electron chi connectivity index (χ3n) is 3.77. The van der Waals surface area contributed by atoms with E-state index < -0.39 is 0 Å². The topological polar surface area (TPSA) is 29.1 Å². The molecule has 2 heteroatoms. The summed E-state index contributed by atoms with van der Waals surface area (Å²) in [6.07, 6.45) is 1.33. The van der Waals surface area contributed by atoms with Gasteiger partial charge in [-0.1, -0.05) is 74.5 Å². The van der Waals surface area contributed by atoms with Crippen molar-refractivity contribution >= 4 is 5.91 Å². The maximum Gasteiger partial charge on any atom is 0.220 e. The third kappa shape index (κ3) is 4.75. The number of benzene rings is 2. The molecule has 0 aliphatic carbocycles. The van der Waals surface area contributed by atoms with Gasteiger partial charge in [0.2, 0.25) is 5.91 Å². The number of carbonyl (C=O) groups excluding carboxylic acids is 1. The molecule has 0 saturated carbocycles. The van der Waals surface area contributed by atoms with Gasteiger partial charge in [-0.25, -0.2) is 0 Å². The molecule has 1 N–H and O–H groups in total. The average Bonchev–Trinajstić information content (AvgIpc) is 2.53. The molecule has 2 rings (SSSR count). The van der Waals surface area contributed by atoms with Gasteiger partial charge in [-0.2, -0.15) is 0 Å². The molecule has 0 saturated heterocycles. The van der Waals surface area contributed by atoms with Crippen LogP contribution < -0.4 is 5.32 Å². The molecule has 1 amide bonds. The monoisotopic (exact) mass is 281 g/mol. The van der Waals surface area contributed by atoms with E-state index in [2.05, 4.69) is 43.4 Å². The second kappa shape index (κ2) is 7.07. The van der Waals surface area contributed by atoms with Crippen LogP contribution in [0.3, 0.4) is 0 Å². The lowest BCUT2D eigenvalue weighted by Gasteiger charge is -2.25. The van der Waals surface area contributed by atoms with Crippen LogP contribution in [0.4, 0.5) is 0 Å². The van der Waals surface area contributed by atoms with Gasteiger partial charge in [-0.15, -0.1) is 0 Å². The molecule has 2 aromatic carbocycles. The van der Waals surface area contributed by atoms with Gasteiger partial charge in [0.15, 0.2) is 0 Å². The lowest BCUT2D eigenvalue weighted by Crippen LogP contribution is -2.36. The molecular formula is C19H23NO. The molecule has 0 heterocycles. The van der Waals surface area contributed by atoms with E-state index in [1.807, 2.05) is 36.4 Å². The molecular weight excluding hydrogens is 258 g/mol. The normalized spacial score (nSPS) is 11.1. The first-order valence-corrected chi connectivity index (χ1v) is 7.44. The van der Waals surface area contributed by atoms with Crippen molar-refractivity contribution in [3.8, 4) is 0 Å². The van der Waals surface area contributed by atoms with E-state index in [1.165, 1.54) is 11.1 Å². The highest BCUT2D eigenvalue weighted by molar-refractivity contribution is 5.76. The van der Waals surface area contributed by atoms with Crippen LogP contribution in [0.25, 0.3) is 0 Å². The SMILES string of the molecule is CC(C)(CNC(=O)CCc1ccccc1)c1ccccc1. The Bertz CT molecular complexity index is 561. The highest BCUT2D eigenvalue weighted by Crippen LogP contribution is 2.21. The van der Waals surface area contributed by atoms with Gasteiger partial charge >= 0.3 is 0 Å². The second-order valence-electron chi connectivity index (χ2n) is 6.01. The molecule has 0 unspecified atom stereocenters. The van der Waals surface area contributed by atoms with Crippen molar-refractivity contribution in [3.63, 3.8) is 0 Å². The number of hydrogen-bond donors (Lipinski definition) is 1. The van der Waals surface area contributed by atoms with Crippen molar-refractivity contribution in [2.75, 3.05) is 6.54 Å². The van der Waals surface area contributed by atoms with Gasteiger partial charge in [0.05, 0.1) is 0 Å². The first-order chi connectivity index (χ1) is 10.1. The summed E-state index contributed by atoms with van der Waals surface area (Å²) in [6, 6.07) is 20.4. The summed E-state index contributed by atoms with van der Waals surface area (Å²) in [5.74, 6) is 0.114. The van der Waals surface area contributed by atoms with E-state index in [0.717, 1.165) is 6.42 Å². The predicted octanol–water partition coefficient (Wildman–Crippen LogP) is 3.71. The summed E-state index contributed by atoms with van der Waals surface area (Å²) in [6.45, 7) is 4.96. The fraction of sp³-hybridized carbons (Fsp3) is 0.316. The van der Waals surface area contributed by atoms with Crippen LogP contribution in [0.2, 0.25) is 0 Å². The molecule has 0 spiro atoms. The van der Waals surface area contributed by atoms with Gasteiger partial charge in [-0.3, -0.25) is 4.79 Å². The van der Waals surface area contributed by atoms with E-state index in [0.29, 0.717) is 13.0 Å². The summed E-state index contributed by atoms with van der Waals surface area (Å²) in [7, 11) is 0. The Balaban J connectivity index is 1.81. The Kier molecular flexibility index (Phi) is 5.15. The van der Waals surface area contributed by atoms with Gasteiger partial charge in [0.25, 0.3) is 0 Å². The Morgan fingerprint density at radius 3 is 2.14 bits per heavy atom. The largest absolute Gasteiger partial charge is 0.355 e. The Hall–Kier alpha value is -2.09. The van der Waals surface area contributed by atoms with E-state index in [-0.39, 0.29) is 11.3 Å². The van der Waals surface area contributed by atoms with Crippen molar-refractivity contribution in [1.29, 1.82) is 0 Å². The Morgan fingerprint density at radius 1 is 0.952 bits per heavy atom. The molecule has 2 aromatic rings. The molecule has 0 aliphatic rings. The van der Waals surface area contributed by atoms with E-state index in [9.17, 15) is 4.79 Å². The average molecular weight is 281 g/mol. The summed E-state index contributed by atoms with van der Waals surface area (Å²) in [5.41, 5.74) is 2.40. The van der Waals surface area contributed by atoms with E-state index in [1.54, 1.807) is 0 Å². The lowest BCUT2D eigenvalue weighted by atomic mass is 9.84. The van der Waals surface area contributed by atoms with Crippen molar-refractivity contribution < 1.29 is 4.79 Å². The van der Waals surface area contributed by atoms with Crippen molar-refractivity contribution in [1.82, 2.24) is 5.32 Å². The number of aryl methyl sites for hydroxylation is 1.